The standard InChI is InChI=1S/C13H17N3O.CH4O3S/c1-9(2)16-11-5-6-14-8-10(11)13(15-16)12-4-3-7-17-12;1-5(2,3)4/h3-4,7,9,14H,5-6,8H2,1-2H3;1H3,(H,2,3,4). The molecule has 3 heterocycles. The van der Waals surface area contributed by atoms with E-state index in [0.29, 0.717) is 12.3 Å². The van der Waals surface area contributed by atoms with Crippen LogP contribution in [0.2, 0.25) is 0 Å². The average Bonchev–Trinajstić information content (AvgIpc) is 3.03. The molecular formula is C14H21N3O4S. The zero-order chi connectivity index (χ0) is 16.3. The molecule has 0 aliphatic carbocycles. The van der Waals surface area contributed by atoms with Crippen LogP contribution in [0.5, 0.6) is 0 Å². The molecule has 2 aromatic rings. The predicted octanol–water partition coefficient (Wildman–Crippen LogP) is 1.87. The normalized spacial score (nSPS) is 14.4. The van der Waals surface area contributed by atoms with Crippen molar-refractivity contribution in [3.8, 4) is 11.5 Å². The third-order valence-electron chi connectivity index (χ3n) is 3.20. The van der Waals surface area contributed by atoms with Gasteiger partial charge in [0, 0.05) is 36.8 Å². The molecule has 0 atom stereocenters. The Morgan fingerprint density at radius 2 is 2.14 bits per heavy atom. The van der Waals surface area contributed by atoms with Crippen LogP contribution in [0, 0.1) is 0 Å². The molecule has 0 radical (unpaired) electrons. The third kappa shape index (κ3) is 4.19. The van der Waals surface area contributed by atoms with Gasteiger partial charge in [-0.15, -0.1) is 0 Å². The van der Waals surface area contributed by atoms with Crippen LogP contribution in [0.4, 0.5) is 0 Å². The Labute approximate surface area is 130 Å². The molecule has 0 amide bonds. The van der Waals surface area contributed by atoms with Crippen molar-refractivity contribution < 1.29 is 17.4 Å². The minimum Gasteiger partial charge on any atom is -0.463 e. The van der Waals surface area contributed by atoms with Crippen LogP contribution in [0.3, 0.4) is 0 Å². The summed E-state index contributed by atoms with van der Waals surface area (Å²) in [7, 11) is -3.67. The van der Waals surface area contributed by atoms with Crippen molar-refractivity contribution >= 4 is 10.1 Å². The molecule has 0 unspecified atom stereocenters. The summed E-state index contributed by atoms with van der Waals surface area (Å²) < 4.78 is 33.5. The molecule has 3 rings (SSSR count). The van der Waals surface area contributed by atoms with E-state index >= 15 is 0 Å². The minimum atomic E-state index is -3.67. The van der Waals surface area contributed by atoms with Gasteiger partial charge in [-0.05, 0) is 26.0 Å². The maximum Gasteiger partial charge on any atom is 0.261 e. The smallest absolute Gasteiger partial charge is 0.261 e. The molecule has 122 valence electrons. The van der Waals surface area contributed by atoms with E-state index in [9.17, 15) is 8.42 Å². The highest BCUT2D eigenvalue weighted by Gasteiger charge is 2.23. The van der Waals surface area contributed by atoms with E-state index in [0.717, 1.165) is 31.0 Å². The first-order valence-corrected chi connectivity index (χ1v) is 8.89. The highest BCUT2D eigenvalue weighted by Crippen LogP contribution is 2.29. The lowest BCUT2D eigenvalue weighted by Crippen LogP contribution is -2.25. The van der Waals surface area contributed by atoms with E-state index in [-0.39, 0.29) is 0 Å². The number of hydrogen-bond donors (Lipinski definition) is 2. The lowest BCUT2D eigenvalue weighted by atomic mass is 10.1. The fourth-order valence-electron chi connectivity index (χ4n) is 2.41. The zero-order valence-electron chi connectivity index (χ0n) is 12.9. The summed E-state index contributed by atoms with van der Waals surface area (Å²) in [5.41, 5.74) is 3.64. The zero-order valence-corrected chi connectivity index (χ0v) is 13.7. The first kappa shape index (κ1) is 16.7. The number of furan rings is 1. The van der Waals surface area contributed by atoms with Crippen molar-refractivity contribution in [3.05, 3.63) is 29.7 Å². The molecule has 0 aromatic carbocycles. The number of rotatable bonds is 2. The van der Waals surface area contributed by atoms with Gasteiger partial charge in [0.25, 0.3) is 10.1 Å². The third-order valence-corrected chi connectivity index (χ3v) is 3.20. The second kappa shape index (κ2) is 6.64. The van der Waals surface area contributed by atoms with Crippen LogP contribution in [-0.2, 0) is 23.1 Å². The first-order chi connectivity index (χ1) is 10.3. The molecule has 2 aromatic heterocycles. The highest BCUT2D eigenvalue weighted by molar-refractivity contribution is 7.85. The predicted molar refractivity (Wildman–Crippen MR) is 83.2 cm³/mol. The summed E-state index contributed by atoms with van der Waals surface area (Å²) in [6, 6.07) is 4.28. The monoisotopic (exact) mass is 327 g/mol. The summed E-state index contributed by atoms with van der Waals surface area (Å²) in [6.07, 6.45) is 3.46. The second-order valence-corrected chi connectivity index (χ2v) is 6.92. The van der Waals surface area contributed by atoms with Gasteiger partial charge in [-0.2, -0.15) is 13.5 Å². The molecule has 0 saturated carbocycles. The Morgan fingerprint density at radius 1 is 1.45 bits per heavy atom. The Bertz CT molecular complexity index is 710. The van der Waals surface area contributed by atoms with Gasteiger partial charge in [0.15, 0.2) is 5.76 Å². The summed E-state index contributed by atoms with van der Waals surface area (Å²) in [4.78, 5) is 0. The molecule has 7 nitrogen and oxygen atoms in total. The molecule has 22 heavy (non-hydrogen) atoms. The van der Waals surface area contributed by atoms with Crippen LogP contribution < -0.4 is 5.32 Å². The molecule has 2 N–H and O–H groups in total. The van der Waals surface area contributed by atoms with Crippen molar-refractivity contribution in [1.29, 1.82) is 0 Å². The Hall–Kier alpha value is -1.64. The van der Waals surface area contributed by atoms with Crippen molar-refractivity contribution in [2.24, 2.45) is 0 Å². The first-order valence-electron chi connectivity index (χ1n) is 7.04. The van der Waals surface area contributed by atoms with Gasteiger partial charge in [0.2, 0.25) is 0 Å². The van der Waals surface area contributed by atoms with Gasteiger partial charge in [0.05, 0.1) is 12.5 Å². The molecule has 0 fully saturated rings. The summed E-state index contributed by atoms with van der Waals surface area (Å²) in [6.45, 7) is 6.25. The second-order valence-electron chi connectivity index (χ2n) is 5.45. The Balaban J connectivity index is 0.000000309. The number of hydrogen-bond acceptors (Lipinski definition) is 5. The fourth-order valence-corrected chi connectivity index (χ4v) is 2.41. The average molecular weight is 327 g/mol. The molecular weight excluding hydrogens is 306 g/mol. The maximum atomic E-state index is 9.19. The Morgan fingerprint density at radius 3 is 2.68 bits per heavy atom. The number of nitrogens with one attached hydrogen (secondary N) is 1. The van der Waals surface area contributed by atoms with E-state index in [1.54, 1.807) is 6.26 Å². The minimum absolute atomic E-state index is 0.394. The molecule has 0 bridgehead atoms. The molecule has 1 aliphatic rings. The van der Waals surface area contributed by atoms with E-state index in [4.69, 9.17) is 14.1 Å². The van der Waals surface area contributed by atoms with Crippen molar-refractivity contribution in [1.82, 2.24) is 15.1 Å². The van der Waals surface area contributed by atoms with E-state index in [2.05, 4.69) is 23.8 Å². The van der Waals surface area contributed by atoms with Gasteiger partial charge >= 0.3 is 0 Å². The van der Waals surface area contributed by atoms with Crippen molar-refractivity contribution in [2.45, 2.75) is 32.9 Å². The van der Waals surface area contributed by atoms with Gasteiger partial charge in [-0.25, -0.2) is 0 Å². The summed E-state index contributed by atoms with van der Waals surface area (Å²) >= 11 is 0. The topological polar surface area (TPSA) is 97.4 Å². The van der Waals surface area contributed by atoms with Gasteiger partial charge in [-0.3, -0.25) is 9.23 Å². The van der Waals surface area contributed by atoms with Gasteiger partial charge in [-0.1, -0.05) is 0 Å². The highest BCUT2D eigenvalue weighted by atomic mass is 32.2. The molecule has 8 heteroatoms. The van der Waals surface area contributed by atoms with Gasteiger partial charge in [0.1, 0.15) is 5.69 Å². The van der Waals surface area contributed by atoms with E-state index in [1.807, 2.05) is 12.1 Å². The van der Waals surface area contributed by atoms with Crippen LogP contribution in [0.1, 0.15) is 31.1 Å². The summed E-state index contributed by atoms with van der Waals surface area (Å²) in [5.74, 6) is 0.865. The number of nitrogens with zero attached hydrogens (tertiary/aromatic N) is 2. The number of aromatic nitrogens is 2. The fraction of sp³-hybridized carbons (Fsp3) is 0.500. The lowest BCUT2D eigenvalue weighted by Gasteiger charge is -2.17. The van der Waals surface area contributed by atoms with Crippen LogP contribution in [-0.4, -0.2) is 35.6 Å². The SMILES string of the molecule is CC(C)n1nc(-c2ccco2)c2c1CCNC2.CS(=O)(=O)O. The Kier molecular flexibility index (Phi) is 5.05. The van der Waals surface area contributed by atoms with Crippen LogP contribution in [0.25, 0.3) is 11.5 Å². The number of fused-ring (bicyclic) bond motifs is 1. The van der Waals surface area contributed by atoms with Crippen LogP contribution >= 0.6 is 0 Å². The molecule has 0 spiro atoms. The van der Waals surface area contributed by atoms with E-state index in [1.165, 1.54) is 11.3 Å². The molecule has 1 aliphatic heterocycles. The van der Waals surface area contributed by atoms with E-state index < -0.39 is 10.1 Å². The quantitative estimate of drug-likeness (QED) is 0.817. The summed E-state index contributed by atoms with van der Waals surface area (Å²) in [5, 5.41) is 8.12. The maximum absolute atomic E-state index is 9.19. The largest absolute Gasteiger partial charge is 0.463 e. The lowest BCUT2D eigenvalue weighted by molar-refractivity contribution is 0.490. The van der Waals surface area contributed by atoms with Crippen molar-refractivity contribution in [2.75, 3.05) is 12.8 Å². The molecule has 0 saturated heterocycles. The van der Waals surface area contributed by atoms with Crippen LogP contribution in [0.15, 0.2) is 22.8 Å². The van der Waals surface area contributed by atoms with Gasteiger partial charge < -0.3 is 9.73 Å². The van der Waals surface area contributed by atoms with Crippen molar-refractivity contribution in [3.63, 3.8) is 0 Å².